The van der Waals surface area contributed by atoms with Gasteiger partial charge >= 0.3 is 0 Å². The normalized spacial score (nSPS) is 11.9. The second-order valence-electron chi connectivity index (χ2n) is 5.57. The highest BCUT2D eigenvalue weighted by Crippen LogP contribution is 2.23. The van der Waals surface area contributed by atoms with E-state index in [4.69, 9.17) is 4.42 Å². The number of pyridine rings is 1. The lowest BCUT2D eigenvalue weighted by Gasteiger charge is -2.15. The highest BCUT2D eigenvalue weighted by molar-refractivity contribution is 5.80. The summed E-state index contributed by atoms with van der Waals surface area (Å²) in [4.78, 5) is 13.2. The Hall–Kier alpha value is -2.23. The van der Waals surface area contributed by atoms with Gasteiger partial charge in [0.2, 0.25) is 0 Å². The van der Waals surface area contributed by atoms with Crippen molar-refractivity contribution in [3.63, 3.8) is 0 Å². The van der Waals surface area contributed by atoms with Gasteiger partial charge in [0, 0.05) is 28.8 Å². The summed E-state index contributed by atoms with van der Waals surface area (Å²) < 4.78 is 5.28. The van der Waals surface area contributed by atoms with Crippen LogP contribution >= 0.6 is 0 Å². The maximum absolute atomic E-state index is 5.28. The van der Waals surface area contributed by atoms with Crippen LogP contribution in [0.15, 0.2) is 41.4 Å². The van der Waals surface area contributed by atoms with E-state index >= 15 is 0 Å². The molecule has 3 rings (SSSR count). The third-order valence-electron chi connectivity index (χ3n) is 2.96. The molecule has 0 bridgehead atoms. The quantitative estimate of drug-likeness (QED) is 0.665. The second-order valence-corrected chi connectivity index (χ2v) is 5.57. The summed E-state index contributed by atoms with van der Waals surface area (Å²) in [5.74, 6) is 0.834. The Kier molecular flexibility index (Phi) is 2.59. The lowest BCUT2D eigenvalue weighted by Crippen LogP contribution is -2.15. The number of hydrogen-bond donors (Lipinski definition) is 0. The molecule has 19 heavy (non-hydrogen) atoms. The SMILES string of the molecule is CC(C)(C)c1ncc(-c2cc3ccoc3cn2)cn1. The minimum absolute atomic E-state index is 0.0412. The fourth-order valence-corrected chi connectivity index (χ4v) is 1.87. The van der Waals surface area contributed by atoms with E-state index in [9.17, 15) is 0 Å². The molecule has 0 aliphatic heterocycles. The van der Waals surface area contributed by atoms with Gasteiger partial charge in [-0.05, 0) is 12.1 Å². The molecular formula is C15H15N3O. The number of fused-ring (bicyclic) bond motifs is 1. The molecule has 0 fully saturated rings. The zero-order valence-corrected chi connectivity index (χ0v) is 11.2. The molecule has 0 atom stereocenters. The van der Waals surface area contributed by atoms with Gasteiger partial charge in [0.05, 0.1) is 18.2 Å². The fraction of sp³-hybridized carbons (Fsp3) is 0.267. The van der Waals surface area contributed by atoms with Crippen molar-refractivity contribution in [2.24, 2.45) is 0 Å². The summed E-state index contributed by atoms with van der Waals surface area (Å²) in [6.07, 6.45) is 7.03. The molecule has 0 N–H and O–H groups in total. The average molecular weight is 253 g/mol. The van der Waals surface area contributed by atoms with Crippen molar-refractivity contribution in [3.05, 3.63) is 42.8 Å². The van der Waals surface area contributed by atoms with Gasteiger partial charge in [-0.2, -0.15) is 0 Å². The lowest BCUT2D eigenvalue weighted by molar-refractivity contribution is 0.545. The number of nitrogens with zero attached hydrogens (tertiary/aromatic N) is 3. The van der Waals surface area contributed by atoms with E-state index in [2.05, 4.69) is 35.7 Å². The maximum atomic E-state index is 5.28. The van der Waals surface area contributed by atoms with Crippen LogP contribution in [0.25, 0.3) is 22.2 Å². The first kappa shape index (κ1) is 11.8. The van der Waals surface area contributed by atoms with E-state index in [0.717, 1.165) is 28.1 Å². The fourth-order valence-electron chi connectivity index (χ4n) is 1.87. The number of rotatable bonds is 1. The van der Waals surface area contributed by atoms with Gasteiger partial charge in [0.1, 0.15) is 5.82 Å². The van der Waals surface area contributed by atoms with Crippen LogP contribution in [0.1, 0.15) is 26.6 Å². The topological polar surface area (TPSA) is 51.8 Å². The molecule has 0 unspecified atom stereocenters. The van der Waals surface area contributed by atoms with E-state index in [1.165, 1.54) is 0 Å². The monoisotopic (exact) mass is 253 g/mol. The van der Waals surface area contributed by atoms with Crippen LogP contribution in [0, 0.1) is 0 Å². The van der Waals surface area contributed by atoms with Crippen molar-refractivity contribution in [3.8, 4) is 11.3 Å². The molecule has 0 amide bonds. The molecule has 96 valence electrons. The summed E-state index contributed by atoms with van der Waals surface area (Å²) in [5, 5.41) is 1.03. The second kappa shape index (κ2) is 4.16. The van der Waals surface area contributed by atoms with Gasteiger partial charge in [0.15, 0.2) is 5.58 Å². The highest BCUT2D eigenvalue weighted by Gasteiger charge is 2.17. The first-order chi connectivity index (χ1) is 9.04. The van der Waals surface area contributed by atoms with Crippen LogP contribution in [-0.4, -0.2) is 15.0 Å². The van der Waals surface area contributed by atoms with E-state index < -0.39 is 0 Å². The zero-order chi connectivity index (χ0) is 13.5. The Morgan fingerprint density at radius 3 is 2.42 bits per heavy atom. The Morgan fingerprint density at radius 1 is 1.00 bits per heavy atom. The molecule has 0 aromatic carbocycles. The van der Waals surface area contributed by atoms with E-state index in [0.29, 0.717) is 0 Å². The van der Waals surface area contributed by atoms with Crippen molar-refractivity contribution in [1.82, 2.24) is 15.0 Å². The summed E-state index contributed by atoms with van der Waals surface area (Å²) in [6.45, 7) is 6.29. The lowest BCUT2D eigenvalue weighted by atomic mass is 9.96. The first-order valence-corrected chi connectivity index (χ1v) is 6.20. The van der Waals surface area contributed by atoms with Crippen molar-refractivity contribution in [1.29, 1.82) is 0 Å². The van der Waals surface area contributed by atoms with Crippen molar-refractivity contribution < 1.29 is 4.42 Å². The molecule has 4 nitrogen and oxygen atoms in total. The standard InChI is InChI=1S/C15H15N3O/c1-15(2,3)14-17-7-11(8-18-14)12-6-10-4-5-19-13(10)9-16-12/h4-9H,1-3H3. The molecule has 3 heterocycles. The first-order valence-electron chi connectivity index (χ1n) is 6.20. The minimum Gasteiger partial charge on any atom is -0.463 e. The molecule has 3 aromatic rings. The number of furan rings is 1. The van der Waals surface area contributed by atoms with Crippen LogP contribution in [-0.2, 0) is 5.41 Å². The van der Waals surface area contributed by atoms with Gasteiger partial charge < -0.3 is 4.42 Å². The molecule has 0 radical (unpaired) electrons. The number of aromatic nitrogens is 3. The largest absolute Gasteiger partial charge is 0.463 e. The zero-order valence-electron chi connectivity index (χ0n) is 11.2. The van der Waals surface area contributed by atoms with Gasteiger partial charge in [-0.25, -0.2) is 9.97 Å². The summed E-state index contributed by atoms with van der Waals surface area (Å²) >= 11 is 0. The molecule has 3 aromatic heterocycles. The van der Waals surface area contributed by atoms with Crippen LogP contribution in [0.5, 0.6) is 0 Å². The van der Waals surface area contributed by atoms with Crippen LogP contribution < -0.4 is 0 Å². The Balaban J connectivity index is 2.01. The van der Waals surface area contributed by atoms with E-state index in [-0.39, 0.29) is 5.41 Å². The molecule has 0 saturated heterocycles. The van der Waals surface area contributed by atoms with Crippen molar-refractivity contribution in [2.45, 2.75) is 26.2 Å². The third-order valence-corrected chi connectivity index (χ3v) is 2.96. The van der Waals surface area contributed by atoms with E-state index in [1.807, 2.05) is 24.5 Å². The average Bonchev–Trinajstić information content (AvgIpc) is 2.85. The predicted octanol–water partition coefficient (Wildman–Crippen LogP) is 3.58. The number of hydrogen-bond acceptors (Lipinski definition) is 4. The Labute approximate surface area is 111 Å². The summed E-state index contributed by atoms with van der Waals surface area (Å²) in [6, 6.07) is 3.90. The van der Waals surface area contributed by atoms with Gasteiger partial charge in [0.25, 0.3) is 0 Å². The minimum atomic E-state index is -0.0412. The third kappa shape index (κ3) is 2.21. The molecule has 0 aliphatic carbocycles. The Morgan fingerprint density at radius 2 is 1.74 bits per heavy atom. The molecule has 0 saturated carbocycles. The predicted molar refractivity (Wildman–Crippen MR) is 73.7 cm³/mol. The molecule has 0 spiro atoms. The van der Waals surface area contributed by atoms with E-state index in [1.54, 1.807) is 12.5 Å². The summed E-state index contributed by atoms with van der Waals surface area (Å²) in [5.41, 5.74) is 2.52. The van der Waals surface area contributed by atoms with Crippen LogP contribution in [0.3, 0.4) is 0 Å². The molecule has 0 aliphatic rings. The molecule has 4 heteroatoms. The van der Waals surface area contributed by atoms with Gasteiger partial charge in [-0.3, -0.25) is 4.98 Å². The molecular weight excluding hydrogens is 238 g/mol. The smallest absolute Gasteiger partial charge is 0.152 e. The maximum Gasteiger partial charge on any atom is 0.152 e. The summed E-state index contributed by atoms with van der Waals surface area (Å²) in [7, 11) is 0. The Bertz CT molecular complexity index is 708. The highest BCUT2D eigenvalue weighted by atomic mass is 16.3. The van der Waals surface area contributed by atoms with Crippen LogP contribution in [0.2, 0.25) is 0 Å². The van der Waals surface area contributed by atoms with Gasteiger partial charge in [-0.15, -0.1) is 0 Å². The van der Waals surface area contributed by atoms with Crippen molar-refractivity contribution >= 4 is 11.0 Å². The van der Waals surface area contributed by atoms with Crippen LogP contribution in [0.4, 0.5) is 0 Å². The van der Waals surface area contributed by atoms with Crippen molar-refractivity contribution in [2.75, 3.05) is 0 Å². The van der Waals surface area contributed by atoms with Gasteiger partial charge in [-0.1, -0.05) is 20.8 Å².